The van der Waals surface area contributed by atoms with Crippen molar-refractivity contribution in [3.63, 3.8) is 0 Å². The first kappa shape index (κ1) is 18.5. The SMILES string of the molecule is C[C@H]1CO[C@H](c2cc(NC(=O)OCc3ccccc3)n(C(C)(C)C)n2)C1. The second-order valence-corrected chi connectivity index (χ2v) is 7.89. The zero-order valence-corrected chi connectivity index (χ0v) is 15.9. The van der Waals surface area contributed by atoms with Crippen LogP contribution in [-0.4, -0.2) is 22.5 Å². The summed E-state index contributed by atoms with van der Waals surface area (Å²) in [5.74, 6) is 1.14. The molecule has 1 aromatic carbocycles. The molecule has 3 rings (SSSR count). The molecule has 26 heavy (non-hydrogen) atoms. The second-order valence-electron chi connectivity index (χ2n) is 7.89. The number of carbonyl (C=O) groups is 1. The van der Waals surface area contributed by atoms with Gasteiger partial charge in [0.1, 0.15) is 18.5 Å². The number of anilines is 1. The Bertz CT molecular complexity index is 749. The van der Waals surface area contributed by atoms with Crippen LogP contribution in [0.5, 0.6) is 0 Å². The van der Waals surface area contributed by atoms with Gasteiger partial charge in [-0.1, -0.05) is 37.3 Å². The Balaban J connectivity index is 1.71. The third-order valence-corrected chi connectivity index (χ3v) is 4.33. The van der Waals surface area contributed by atoms with Gasteiger partial charge in [0.05, 0.1) is 17.8 Å². The van der Waals surface area contributed by atoms with E-state index in [2.05, 4.69) is 12.2 Å². The van der Waals surface area contributed by atoms with Crippen molar-refractivity contribution in [2.24, 2.45) is 5.92 Å². The highest BCUT2D eigenvalue weighted by Crippen LogP contribution is 2.34. The summed E-state index contributed by atoms with van der Waals surface area (Å²) in [6.07, 6.45) is 0.431. The van der Waals surface area contributed by atoms with E-state index in [-0.39, 0.29) is 18.2 Å². The normalized spacial score (nSPS) is 20.2. The Hall–Kier alpha value is -2.34. The molecule has 0 radical (unpaired) electrons. The molecular formula is C20H27N3O3. The summed E-state index contributed by atoms with van der Waals surface area (Å²) in [4.78, 5) is 12.2. The standard InChI is InChI=1S/C20H27N3O3/c1-14-10-17(25-12-14)16-11-18(23(22-16)20(2,3)4)21-19(24)26-13-15-8-6-5-7-9-15/h5-9,11,14,17H,10,12-13H2,1-4H3,(H,21,24)/t14-,17+/m1/s1. The van der Waals surface area contributed by atoms with Crippen molar-refractivity contribution in [2.75, 3.05) is 11.9 Å². The van der Waals surface area contributed by atoms with Crippen molar-refractivity contribution >= 4 is 11.9 Å². The van der Waals surface area contributed by atoms with Crippen LogP contribution in [-0.2, 0) is 21.6 Å². The average molecular weight is 357 g/mol. The first-order valence-corrected chi connectivity index (χ1v) is 9.02. The number of aromatic nitrogens is 2. The molecule has 1 N–H and O–H groups in total. The zero-order valence-electron chi connectivity index (χ0n) is 15.9. The molecule has 1 saturated heterocycles. The number of hydrogen-bond donors (Lipinski definition) is 1. The maximum Gasteiger partial charge on any atom is 0.413 e. The highest BCUT2D eigenvalue weighted by Gasteiger charge is 2.29. The topological polar surface area (TPSA) is 65.4 Å². The number of ether oxygens (including phenoxy) is 2. The lowest BCUT2D eigenvalue weighted by atomic mass is 10.1. The summed E-state index contributed by atoms with van der Waals surface area (Å²) in [5.41, 5.74) is 1.52. The van der Waals surface area contributed by atoms with Gasteiger partial charge in [-0.25, -0.2) is 9.48 Å². The third-order valence-electron chi connectivity index (χ3n) is 4.33. The summed E-state index contributed by atoms with van der Waals surface area (Å²) in [6, 6.07) is 11.5. The molecule has 1 aliphatic heterocycles. The van der Waals surface area contributed by atoms with Gasteiger partial charge in [0.15, 0.2) is 0 Å². The lowest BCUT2D eigenvalue weighted by Crippen LogP contribution is -2.27. The molecule has 0 unspecified atom stereocenters. The number of hydrogen-bond acceptors (Lipinski definition) is 4. The molecule has 1 fully saturated rings. The lowest BCUT2D eigenvalue weighted by Gasteiger charge is -2.22. The summed E-state index contributed by atoms with van der Waals surface area (Å²) in [6.45, 7) is 9.27. The molecule has 2 atom stereocenters. The van der Waals surface area contributed by atoms with Gasteiger partial charge in [-0.05, 0) is 38.7 Å². The van der Waals surface area contributed by atoms with E-state index in [1.165, 1.54) is 0 Å². The van der Waals surface area contributed by atoms with Gasteiger partial charge in [0, 0.05) is 6.07 Å². The maximum absolute atomic E-state index is 12.2. The van der Waals surface area contributed by atoms with E-state index in [0.717, 1.165) is 24.3 Å². The van der Waals surface area contributed by atoms with Crippen molar-refractivity contribution < 1.29 is 14.3 Å². The van der Waals surface area contributed by atoms with Crippen molar-refractivity contribution in [3.05, 3.63) is 47.7 Å². The number of rotatable bonds is 4. The molecule has 0 saturated carbocycles. The van der Waals surface area contributed by atoms with Gasteiger partial charge >= 0.3 is 6.09 Å². The smallest absolute Gasteiger partial charge is 0.413 e. The van der Waals surface area contributed by atoms with E-state index in [1.807, 2.05) is 61.9 Å². The number of nitrogens with one attached hydrogen (secondary N) is 1. The van der Waals surface area contributed by atoms with Crippen LogP contribution in [0.4, 0.5) is 10.6 Å². The van der Waals surface area contributed by atoms with E-state index < -0.39 is 6.09 Å². The Labute approximate surface area is 154 Å². The third kappa shape index (κ3) is 4.43. The molecule has 1 aromatic heterocycles. The monoisotopic (exact) mass is 357 g/mol. The van der Waals surface area contributed by atoms with Crippen LogP contribution in [0.25, 0.3) is 0 Å². The van der Waals surface area contributed by atoms with Crippen LogP contribution >= 0.6 is 0 Å². The fourth-order valence-electron chi connectivity index (χ4n) is 3.01. The van der Waals surface area contributed by atoms with Gasteiger partial charge in [-0.2, -0.15) is 5.10 Å². The van der Waals surface area contributed by atoms with Gasteiger partial charge in [-0.3, -0.25) is 5.32 Å². The summed E-state index contributed by atoms with van der Waals surface area (Å²) in [7, 11) is 0. The molecule has 1 amide bonds. The first-order chi connectivity index (χ1) is 12.3. The highest BCUT2D eigenvalue weighted by atomic mass is 16.5. The fourth-order valence-corrected chi connectivity index (χ4v) is 3.01. The molecule has 6 heteroatoms. The zero-order chi connectivity index (χ0) is 18.7. The quantitative estimate of drug-likeness (QED) is 0.876. The second kappa shape index (κ2) is 7.50. The molecule has 2 heterocycles. The minimum Gasteiger partial charge on any atom is -0.444 e. The van der Waals surface area contributed by atoms with Gasteiger partial charge in [0.25, 0.3) is 0 Å². The number of nitrogens with zero attached hydrogens (tertiary/aromatic N) is 2. The van der Waals surface area contributed by atoms with Gasteiger partial charge in [0.2, 0.25) is 0 Å². The molecule has 1 aliphatic rings. The van der Waals surface area contributed by atoms with Crippen LogP contribution in [0.1, 0.15) is 51.5 Å². The van der Waals surface area contributed by atoms with E-state index in [4.69, 9.17) is 14.6 Å². The Kier molecular flexibility index (Phi) is 5.32. The molecule has 2 aromatic rings. The Morgan fingerprint density at radius 1 is 1.35 bits per heavy atom. The van der Waals surface area contributed by atoms with Crippen LogP contribution in [0.3, 0.4) is 0 Å². The van der Waals surface area contributed by atoms with Crippen molar-refractivity contribution in [1.82, 2.24) is 9.78 Å². The van der Waals surface area contributed by atoms with E-state index in [0.29, 0.717) is 11.7 Å². The van der Waals surface area contributed by atoms with Gasteiger partial charge in [-0.15, -0.1) is 0 Å². The Morgan fingerprint density at radius 2 is 2.08 bits per heavy atom. The number of carbonyl (C=O) groups excluding carboxylic acids is 1. The van der Waals surface area contributed by atoms with Crippen molar-refractivity contribution in [1.29, 1.82) is 0 Å². The van der Waals surface area contributed by atoms with Gasteiger partial charge < -0.3 is 9.47 Å². The van der Waals surface area contributed by atoms with Crippen molar-refractivity contribution in [3.8, 4) is 0 Å². The fraction of sp³-hybridized carbons (Fsp3) is 0.500. The largest absolute Gasteiger partial charge is 0.444 e. The minimum atomic E-state index is -0.494. The molecular weight excluding hydrogens is 330 g/mol. The lowest BCUT2D eigenvalue weighted by molar-refractivity contribution is 0.104. The molecule has 0 spiro atoms. The number of amides is 1. The van der Waals surface area contributed by atoms with Crippen LogP contribution in [0.2, 0.25) is 0 Å². The summed E-state index contributed by atoms with van der Waals surface area (Å²) in [5, 5.41) is 7.52. The van der Waals surface area contributed by atoms with Crippen LogP contribution < -0.4 is 5.32 Å². The molecule has 0 bridgehead atoms. The molecule has 0 aliphatic carbocycles. The Morgan fingerprint density at radius 3 is 2.69 bits per heavy atom. The maximum atomic E-state index is 12.2. The van der Waals surface area contributed by atoms with Crippen LogP contribution in [0, 0.1) is 5.92 Å². The molecule has 6 nitrogen and oxygen atoms in total. The van der Waals surface area contributed by atoms with Crippen LogP contribution in [0.15, 0.2) is 36.4 Å². The summed E-state index contributed by atoms with van der Waals surface area (Å²) < 4.78 is 13.0. The number of benzene rings is 1. The first-order valence-electron chi connectivity index (χ1n) is 9.02. The van der Waals surface area contributed by atoms with E-state index >= 15 is 0 Å². The molecule has 140 valence electrons. The van der Waals surface area contributed by atoms with Crippen molar-refractivity contribution in [2.45, 2.75) is 52.4 Å². The highest BCUT2D eigenvalue weighted by molar-refractivity contribution is 5.83. The minimum absolute atomic E-state index is 0.0190. The predicted molar refractivity (Wildman–Crippen MR) is 99.9 cm³/mol. The average Bonchev–Trinajstić information content (AvgIpc) is 3.20. The van der Waals surface area contributed by atoms with E-state index in [1.54, 1.807) is 0 Å². The summed E-state index contributed by atoms with van der Waals surface area (Å²) >= 11 is 0. The predicted octanol–water partition coefficient (Wildman–Crippen LogP) is 4.48. The van der Waals surface area contributed by atoms with E-state index in [9.17, 15) is 4.79 Å².